The standard InChI is InChI=1S/C12H19NO4S/c1-10(13-7-2-8-18(15,16)17)12-5-3-11(9-14)4-6-12/h3-6,10,13-14H,2,7-9H2,1H3,(H,15,16,17)/t10-/m0/s1. The molecule has 0 saturated carbocycles. The molecule has 1 atom stereocenters. The van der Waals surface area contributed by atoms with E-state index in [1.807, 2.05) is 31.2 Å². The monoisotopic (exact) mass is 273 g/mol. The Morgan fingerprint density at radius 1 is 1.28 bits per heavy atom. The van der Waals surface area contributed by atoms with Crippen LogP contribution >= 0.6 is 0 Å². The lowest BCUT2D eigenvalue weighted by Crippen LogP contribution is -2.21. The van der Waals surface area contributed by atoms with Crippen molar-refractivity contribution in [2.24, 2.45) is 0 Å². The number of hydrogen-bond donors (Lipinski definition) is 3. The predicted molar refractivity (Wildman–Crippen MR) is 69.8 cm³/mol. The zero-order valence-electron chi connectivity index (χ0n) is 10.3. The first-order chi connectivity index (χ1) is 8.42. The van der Waals surface area contributed by atoms with E-state index >= 15 is 0 Å². The molecular formula is C12H19NO4S. The second-order valence-electron chi connectivity index (χ2n) is 4.22. The first-order valence-electron chi connectivity index (χ1n) is 5.80. The fourth-order valence-electron chi connectivity index (χ4n) is 1.60. The third-order valence-corrected chi connectivity index (χ3v) is 3.50. The van der Waals surface area contributed by atoms with Crippen molar-refractivity contribution in [2.45, 2.75) is 26.0 Å². The van der Waals surface area contributed by atoms with Crippen LogP contribution in [0.3, 0.4) is 0 Å². The van der Waals surface area contributed by atoms with Gasteiger partial charge in [-0.3, -0.25) is 4.55 Å². The van der Waals surface area contributed by atoms with Crippen molar-refractivity contribution in [2.75, 3.05) is 12.3 Å². The van der Waals surface area contributed by atoms with Crippen LogP contribution in [0.25, 0.3) is 0 Å². The van der Waals surface area contributed by atoms with Crippen LogP contribution in [0.5, 0.6) is 0 Å². The maximum Gasteiger partial charge on any atom is 0.264 e. The average molecular weight is 273 g/mol. The predicted octanol–water partition coefficient (Wildman–Crippen LogP) is 1.11. The van der Waals surface area contributed by atoms with E-state index in [1.54, 1.807) is 0 Å². The number of aliphatic hydroxyl groups is 1. The SMILES string of the molecule is C[C@H](NCCCS(=O)(=O)O)c1ccc(CO)cc1. The largest absolute Gasteiger partial charge is 0.392 e. The van der Waals surface area contributed by atoms with Gasteiger partial charge in [0.15, 0.2) is 0 Å². The summed E-state index contributed by atoms with van der Waals surface area (Å²) < 4.78 is 29.6. The van der Waals surface area contributed by atoms with Crippen molar-refractivity contribution in [1.29, 1.82) is 0 Å². The molecule has 6 heteroatoms. The van der Waals surface area contributed by atoms with E-state index in [2.05, 4.69) is 5.32 Å². The summed E-state index contributed by atoms with van der Waals surface area (Å²) in [6.07, 6.45) is 0.373. The molecule has 1 aromatic rings. The Morgan fingerprint density at radius 2 is 1.89 bits per heavy atom. The molecule has 0 fully saturated rings. The minimum atomic E-state index is -3.86. The summed E-state index contributed by atoms with van der Waals surface area (Å²) in [5.74, 6) is -0.226. The van der Waals surface area contributed by atoms with E-state index in [1.165, 1.54) is 0 Å². The summed E-state index contributed by atoms with van der Waals surface area (Å²) in [7, 11) is -3.86. The van der Waals surface area contributed by atoms with E-state index < -0.39 is 10.1 Å². The summed E-state index contributed by atoms with van der Waals surface area (Å²) in [6, 6.07) is 7.65. The average Bonchev–Trinajstić information content (AvgIpc) is 2.33. The second kappa shape index (κ2) is 6.84. The van der Waals surface area contributed by atoms with Crippen molar-refractivity contribution >= 4 is 10.1 Å². The Labute approximate surface area is 108 Å². The highest BCUT2D eigenvalue weighted by Crippen LogP contribution is 2.13. The van der Waals surface area contributed by atoms with Crippen LogP contribution < -0.4 is 5.32 Å². The van der Waals surface area contributed by atoms with Gasteiger partial charge in [0.25, 0.3) is 10.1 Å². The van der Waals surface area contributed by atoms with Gasteiger partial charge in [0.2, 0.25) is 0 Å². The van der Waals surface area contributed by atoms with Gasteiger partial charge < -0.3 is 10.4 Å². The van der Waals surface area contributed by atoms with Gasteiger partial charge >= 0.3 is 0 Å². The number of aliphatic hydroxyl groups excluding tert-OH is 1. The summed E-state index contributed by atoms with van der Waals surface area (Å²) in [5.41, 5.74) is 1.93. The molecule has 0 spiro atoms. The van der Waals surface area contributed by atoms with Crippen molar-refractivity contribution in [3.8, 4) is 0 Å². The third kappa shape index (κ3) is 5.59. The maximum atomic E-state index is 10.5. The highest BCUT2D eigenvalue weighted by molar-refractivity contribution is 7.85. The zero-order chi connectivity index (χ0) is 13.6. The van der Waals surface area contributed by atoms with Crippen LogP contribution in [-0.2, 0) is 16.7 Å². The van der Waals surface area contributed by atoms with Gasteiger partial charge in [-0.2, -0.15) is 8.42 Å². The van der Waals surface area contributed by atoms with Crippen LogP contribution in [0.1, 0.15) is 30.5 Å². The van der Waals surface area contributed by atoms with E-state index in [9.17, 15) is 8.42 Å². The van der Waals surface area contributed by atoms with Gasteiger partial charge in [0, 0.05) is 6.04 Å². The van der Waals surface area contributed by atoms with E-state index in [4.69, 9.17) is 9.66 Å². The number of hydrogen-bond acceptors (Lipinski definition) is 4. The molecule has 0 unspecified atom stereocenters. The Balaban J connectivity index is 2.38. The van der Waals surface area contributed by atoms with Crippen molar-refractivity contribution < 1.29 is 18.1 Å². The van der Waals surface area contributed by atoms with Gasteiger partial charge in [-0.25, -0.2) is 0 Å². The molecule has 0 amide bonds. The minimum Gasteiger partial charge on any atom is -0.392 e. The summed E-state index contributed by atoms with van der Waals surface area (Å²) in [5, 5.41) is 12.1. The highest BCUT2D eigenvalue weighted by Gasteiger charge is 2.06. The second-order valence-corrected chi connectivity index (χ2v) is 5.79. The van der Waals surface area contributed by atoms with Crippen LogP contribution in [0, 0.1) is 0 Å². The molecule has 0 aliphatic carbocycles. The van der Waals surface area contributed by atoms with Gasteiger partial charge in [0.05, 0.1) is 12.4 Å². The highest BCUT2D eigenvalue weighted by atomic mass is 32.2. The van der Waals surface area contributed by atoms with E-state index in [0.29, 0.717) is 13.0 Å². The quantitative estimate of drug-likeness (QED) is 0.512. The van der Waals surface area contributed by atoms with Crippen molar-refractivity contribution in [1.82, 2.24) is 5.32 Å². The fourth-order valence-corrected chi connectivity index (χ4v) is 2.11. The van der Waals surface area contributed by atoms with Gasteiger partial charge in [-0.05, 0) is 31.0 Å². The first-order valence-corrected chi connectivity index (χ1v) is 7.41. The van der Waals surface area contributed by atoms with Crippen molar-refractivity contribution in [3.05, 3.63) is 35.4 Å². The molecule has 0 saturated heterocycles. The molecule has 0 aliphatic rings. The lowest BCUT2D eigenvalue weighted by Gasteiger charge is -2.14. The Hall–Kier alpha value is -0.950. The lowest BCUT2D eigenvalue weighted by atomic mass is 10.1. The molecule has 0 bridgehead atoms. The number of nitrogens with one attached hydrogen (secondary N) is 1. The molecule has 0 radical (unpaired) electrons. The Kier molecular flexibility index (Phi) is 5.74. The summed E-state index contributed by atoms with van der Waals surface area (Å²) >= 11 is 0. The van der Waals surface area contributed by atoms with Gasteiger partial charge in [-0.15, -0.1) is 0 Å². The first kappa shape index (κ1) is 15.1. The van der Waals surface area contributed by atoms with Gasteiger partial charge in [0.1, 0.15) is 0 Å². The van der Waals surface area contributed by atoms with Crippen LogP contribution in [0.2, 0.25) is 0 Å². The fraction of sp³-hybridized carbons (Fsp3) is 0.500. The maximum absolute atomic E-state index is 10.5. The zero-order valence-corrected chi connectivity index (χ0v) is 11.2. The van der Waals surface area contributed by atoms with Crippen LogP contribution in [-0.4, -0.2) is 30.4 Å². The topological polar surface area (TPSA) is 86.6 Å². The summed E-state index contributed by atoms with van der Waals surface area (Å²) in [6.45, 7) is 2.51. The molecule has 0 heterocycles. The smallest absolute Gasteiger partial charge is 0.264 e. The number of rotatable bonds is 7. The Morgan fingerprint density at radius 3 is 2.39 bits per heavy atom. The van der Waals surface area contributed by atoms with E-state index in [0.717, 1.165) is 11.1 Å². The third-order valence-electron chi connectivity index (χ3n) is 2.69. The molecule has 0 aliphatic heterocycles. The van der Waals surface area contributed by atoms with E-state index in [-0.39, 0.29) is 18.4 Å². The molecular weight excluding hydrogens is 254 g/mol. The molecule has 1 aromatic carbocycles. The number of benzene rings is 1. The molecule has 0 aromatic heterocycles. The molecule has 102 valence electrons. The molecule has 3 N–H and O–H groups in total. The Bertz CT molecular complexity index is 455. The normalized spacial score (nSPS) is 13.5. The van der Waals surface area contributed by atoms with Crippen LogP contribution in [0.15, 0.2) is 24.3 Å². The van der Waals surface area contributed by atoms with Gasteiger partial charge in [-0.1, -0.05) is 24.3 Å². The minimum absolute atomic E-state index is 0.0243. The molecule has 18 heavy (non-hydrogen) atoms. The molecule has 5 nitrogen and oxygen atoms in total. The van der Waals surface area contributed by atoms with Crippen molar-refractivity contribution in [3.63, 3.8) is 0 Å². The molecule has 1 rings (SSSR count). The lowest BCUT2D eigenvalue weighted by molar-refractivity contribution is 0.282. The summed E-state index contributed by atoms with van der Waals surface area (Å²) in [4.78, 5) is 0. The van der Waals surface area contributed by atoms with Crippen LogP contribution in [0.4, 0.5) is 0 Å².